The number of anilines is 1. The lowest BCUT2D eigenvalue weighted by Crippen LogP contribution is -2.48. The number of hydrazine groups is 2. The van der Waals surface area contributed by atoms with E-state index >= 15 is 0 Å². The summed E-state index contributed by atoms with van der Waals surface area (Å²) in [5.74, 6) is -0.484. The molecule has 430 valence electrons. The van der Waals surface area contributed by atoms with Gasteiger partial charge in [0.15, 0.2) is 11.9 Å². The van der Waals surface area contributed by atoms with Crippen LogP contribution in [0, 0.1) is 42.4 Å². The third kappa shape index (κ3) is 24.1. The number of ketones is 1. The van der Waals surface area contributed by atoms with Crippen LogP contribution in [0.3, 0.4) is 0 Å². The zero-order valence-corrected chi connectivity index (χ0v) is 47.5. The first-order chi connectivity index (χ1) is 37.1. The fraction of sp³-hybridized carbons (Fsp3) is 0.596. The van der Waals surface area contributed by atoms with E-state index in [0.29, 0.717) is 17.8 Å². The van der Waals surface area contributed by atoms with Gasteiger partial charge < -0.3 is 34.9 Å². The molecule has 6 atom stereocenters. The highest BCUT2D eigenvalue weighted by molar-refractivity contribution is 7.57. The van der Waals surface area contributed by atoms with Gasteiger partial charge in [-0.1, -0.05) is 59.9 Å². The van der Waals surface area contributed by atoms with Gasteiger partial charge in [-0.3, -0.25) is 53.9 Å². The summed E-state index contributed by atoms with van der Waals surface area (Å²) < 4.78 is 29.7. The number of amides is 5. The standard InChI is InChI=1S/C51H77N10O12PS.CO2/c1-11-17-37(28-36-19-20-43(63)39(29-36)54-48(67)21-24-71-26-27-72-25-22-52-74(70,58-56-46(65)13-3)59-57-47(66)14-4)53-49(68)40-32-75-50(55-40)45(73-35(8)62)31-42(33(5)6)61(10)51(69)38(34(7)12-2)30-44(64)41-18-15-16-23-60(41)9;2-1-3/h3-4,19-20,29,32-34,37-38,41-42,45,63H,11-12,15-18,21-28,30-31H2,1-2,5-10H3,(H,53,68)(H,54,67)(H,56,65)(H,57,66)(H3,52,58,59,70);/t34-,37+,38-,41+,42+,45+;/m0./s1. The van der Waals surface area contributed by atoms with Crippen molar-refractivity contribution in [2.75, 3.05) is 58.9 Å². The fourth-order valence-electron chi connectivity index (χ4n) is 8.45. The first-order valence-corrected chi connectivity index (χ1v) is 28.3. The molecule has 1 aliphatic rings. The molecule has 1 aromatic heterocycles. The van der Waals surface area contributed by atoms with Gasteiger partial charge in [-0.05, 0) is 80.6 Å². The Morgan fingerprint density at radius 1 is 0.974 bits per heavy atom. The van der Waals surface area contributed by atoms with Crippen molar-refractivity contribution < 1.29 is 67.0 Å². The Labute approximate surface area is 460 Å². The number of benzene rings is 1. The zero-order valence-electron chi connectivity index (χ0n) is 45.8. The second kappa shape index (κ2) is 35.9. The molecule has 1 saturated heterocycles. The lowest BCUT2D eigenvalue weighted by Gasteiger charge is -2.37. The number of nitrogens with one attached hydrogen (secondary N) is 7. The molecule has 0 radical (unpaired) electrons. The summed E-state index contributed by atoms with van der Waals surface area (Å²) in [6, 6.07) is 3.86. The summed E-state index contributed by atoms with van der Waals surface area (Å²) in [6.07, 6.45) is 15.0. The molecule has 0 aliphatic carbocycles. The monoisotopic (exact) mass is 1130 g/mol. The minimum Gasteiger partial charge on any atom is -0.506 e. The number of hydrogen-bond acceptors (Lipinski definition) is 17. The summed E-state index contributed by atoms with van der Waals surface area (Å²) in [7, 11) is -0.127. The van der Waals surface area contributed by atoms with Crippen LogP contribution < -0.4 is 37.0 Å². The highest BCUT2D eigenvalue weighted by Gasteiger charge is 2.38. The van der Waals surface area contributed by atoms with Crippen molar-refractivity contribution >= 4 is 72.1 Å². The van der Waals surface area contributed by atoms with Gasteiger partial charge in [-0.2, -0.15) is 20.0 Å². The van der Waals surface area contributed by atoms with E-state index in [4.69, 9.17) is 36.6 Å². The first-order valence-electron chi connectivity index (χ1n) is 25.7. The Balaban J connectivity index is 0.00000677. The number of phenols is 1. The topological polar surface area (TPSA) is 322 Å². The SMILES string of the molecule is C#CC(=O)NNP(=O)(NCCOCCOCCC(=O)Nc1cc(C[C@@H](CCC)NC(=O)c2csc([C@@H](C[C@H](C(C)C)N(C)C(=O)[C@@H](CC(=O)[C@H]3CCCCN3C)[C@@H](C)CC)OC(C)=O)n2)ccc1O)NNC(=O)C#C.O=C=O. The average Bonchev–Trinajstić information content (AvgIpc) is 3.91. The maximum Gasteiger partial charge on any atom is 0.373 e. The van der Waals surface area contributed by atoms with Gasteiger partial charge in [-0.25, -0.2) is 10.1 Å². The lowest BCUT2D eigenvalue weighted by molar-refractivity contribution is -0.192. The van der Waals surface area contributed by atoms with Crippen molar-refractivity contribution in [2.24, 2.45) is 17.8 Å². The Hall–Kier alpha value is -6.37. The van der Waals surface area contributed by atoms with Crippen molar-refractivity contribution in [1.29, 1.82) is 0 Å². The number of likely N-dealkylation sites (N-methyl/N-ethyl adjacent to an activating group) is 1. The number of ether oxygens (including phenoxy) is 3. The van der Waals surface area contributed by atoms with E-state index in [9.17, 15) is 43.2 Å². The molecule has 3 rings (SSSR count). The average molecular weight is 1130 g/mol. The highest BCUT2D eigenvalue weighted by atomic mass is 32.1. The maximum absolute atomic E-state index is 14.4. The number of carbonyl (C=O) groups is 7. The van der Waals surface area contributed by atoms with Crippen LogP contribution in [0.2, 0.25) is 0 Å². The Morgan fingerprint density at radius 2 is 1.62 bits per heavy atom. The molecule has 0 saturated carbocycles. The van der Waals surface area contributed by atoms with E-state index in [1.807, 2.05) is 52.5 Å². The molecular formula is C52H77N10O14PS. The van der Waals surface area contributed by atoms with Gasteiger partial charge in [-0.15, -0.1) is 24.2 Å². The molecule has 2 heterocycles. The second-order valence-corrected chi connectivity index (χ2v) is 21.8. The van der Waals surface area contributed by atoms with Crippen molar-refractivity contribution in [3.8, 4) is 30.4 Å². The van der Waals surface area contributed by atoms with E-state index < -0.39 is 55.3 Å². The molecule has 0 unspecified atom stereocenters. The van der Waals surface area contributed by atoms with Crippen LogP contribution in [0.25, 0.3) is 0 Å². The summed E-state index contributed by atoms with van der Waals surface area (Å²) in [5, 5.41) is 25.3. The van der Waals surface area contributed by atoms with Crippen molar-refractivity contribution in [3.63, 3.8) is 0 Å². The van der Waals surface area contributed by atoms with Gasteiger partial charge >= 0.3 is 31.5 Å². The number of aromatic nitrogens is 1. The number of thiazole rings is 1. The number of likely N-dealkylation sites (tertiary alicyclic amines) is 1. The first kappa shape index (κ1) is 67.7. The molecule has 0 bridgehead atoms. The van der Waals surface area contributed by atoms with Crippen molar-refractivity contribution in [2.45, 2.75) is 130 Å². The number of hydrogen-bond donors (Lipinski definition) is 8. The lowest BCUT2D eigenvalue weighted by atomic mass is 9.83. The number of piperidine rings is 1. The number of aromatic hydroxyl groups is 1. The second-order valence-electron chi connectivity index (χ2n) is 18.9. The number of nitrogens with zero attached hydrogens (tertiary/aromatic N) is 3. The van der Waals surface area contributed by atoms with Gasteiger partial charge in [0.2, 0.25) is 11.8 Å². The van der Waals surface area contributed by atoms with Crippen molar-refractivity contribution in [3.05, 3.63) is 39.8 Å². The predicted molar refractivity (Wildman–Crippen MR) is 289 cm³/mol. The molecule has 2 aromatic rings. The fourth-order valence-corrected chi connectivity index (χ4v) is 10.4. The summed E-state index contributed by atoms with van der Waals surface area (Å²) in [6.45, 7) is 12.4. The zero-order chi connectivity index (χ0) is 58.4. The minimum atomic E-state index is -3.84. The van der Waals surface area contributed by atoms with E-state index in [1.165, 1.54) is 24.3 Å². The number of Topliss-reactive ketones (excluding diaryl/α,β-unsaturated/α-hetero) is 1. The van der Waals surface area contributed by atoms with Crippen LogP contribution in [0.4, 0.5) is 5.69 Å². The van der Waals surface area contributed by atoms with Gasteiger partial charge in [0.05, 0.1) is 44.6 Å². The van der Waals surface area contributed by atoms with Gasteiger partial charge in [0.1, 0.15) is 16.5 Å². The molecule has 78 heavy (non-hydrogen) atoms. The molecule has 5 amide bonds. The summed E-state index contributed by atoms with van der Waals surface area (Å²) in [4.78, 5) is 115. The van der Waals surface area contributed by atoms with Crippen molar-refractivity contribution in [1.82, 2.24) is 46.4 Å². The van der Waals surface area contributed by atoms with Crippen LogP contribution in [-0.2, 0) is 63.6 Å². The quantitative estimate of drug-likeness (QED) is 0.0126. The molecule has 0 spiro atoms. The van der Waals surface area contributed by atoms with Crippen LogP contribution in [0.1, 0.15) is 126 Å². The summed E-state index contributed by atoms with van der Waals surface area (Å²) >= 11 is 1.18. The molecule has 8 N–H and O–H groups in total. The number of carbonyl (C=O) groups excluding carboxylic acids is 9. The Bertz CT molecular complexity index is 2440. The maximum atomic E-state index is 14.4. The molecule has 24 nitrogen and oxygen atoms in total. The number of esters is 1. The normalized spacial score (nSPS) is 15.2. The molecule has 26 heteroatoms. The third-order valence-corrected chi connectivity index (χ3v) is 15.2. The predicted octanol–water partition coefficient (Wildman–Crippen LogP) is 3.56. The highest BCUT2D eigenvalue weighted by Crippen LogP contribution is 2.33. The summed E-state index contributed by atoms with van der Waals surface area (Å²) in [5.41, 5.74) is 5.07. The number of phenolic OH excluding ortho intramolecular Hbond substituents is 1. The minimum absolute atomic E-state index is 0.0218. The van der Waals surface area contributed by atoms with E-state index in [1.54, 1.807) is 41.3 Å². The largest absolute Gasteiger partial charge is 0.506 e. The molecule has 1 fully saturated rings. The van der Waals surface area contributed by atoms with Gasteiger partial charge in [0, 0.05) is 56.7 Å². The molecule has 1 aromatic carbocycles. The molecule has 1 aliphatic heterocycles. The van der Waals surface area contributed by atoms with E-state index in [0.717, 1.165) is 44.2 Å². The number of rotatable bonds is 33. The van der Waals surface area contributed by atoms with Crippen LogP contribution in [0.15, 0.2) is 23.6 Å². The smallest absolute Gasteiger partial charge is 0.373 e. The van der Waals surface area contributed by atoms with Gasteiger partial charge in [0.25, 0.3) is 5.91 Å². The van der Waals surface area contributed by atoms with E-state index in [2.05, 4.69) is 36.0 Å². The third-order valence-electron chi connectivity index (χ3n) is 12.8. The van der Waals surface area contributed by atoms with Crippen LogP contribution in [-0.4, -0.2) is 139 Å². The Morgan fingerprint density at radius 3 is 2.19 bits per heavy atom. The van der Waals surface area contributed by atoms with E-state index in [-0.39, 0.29) is 111 Å². The number of terminal acetylenes is 2. The molecular weight excluding hydrogens is 1050 g/mol. The van der Waals surface area contributed by atoms with Crippen LogP contribution in [0.5, 0.6) is 5.75 Å². The van der Waals surface area contributed by atoms with Crippen LogP contribution >= 0.6 is 18.9 Å². The Kier molecular flexibility index (Phi) is 31.2.